The molecule has 3 saturated heterocycles. The highest BCUT2D eigenvalue weighted by Gasteiger charge is 2.33. The summed E-state index contributed by atoms with van der Waals surface area (Å²) >= 11 is 6.47. The number of piperidine rings is 1. The summed E-state index contributed by atoms with van der Waals surface area (Å²) in [6.45, 7) is 8.54. The van der Waals surface area contributed by atoms with E-state index in [1.807, 2.05) is 45.9 Å². The number of fused-ring (bicyclic) bond motifs is 1. The Morgan fingerprint density at radius 1 is 1.04 bits per heavy atom. The first kappa shape index (κ1) is 34.0. The van der Waals surface area contributed by atoms with Gasteiger partial charge in [0.25, 0.3) is 6.47 Å². The number of carbonyl (C=O) groups is 3. The number of urea groups is 1. The maximum absolute atomic E-state index is 14.1. The van der Waals surface area contributed by atoms with Crippen LogP contribution in [-0.2, 0) is 27.2 Å². The summed E-state index contributed by atoms with van der Waals surface area (Å²) in [6, 6.07) is 11.3. The normalized spacial score (nSPS) is 20.9. The summed E-state index contributed by atoms with van der Waals surface area (Å²) in [5.41, 5.74) is 10.2. The molecule has 3 amide bonds. The van der Waals surface area contributed by atoms with Crippen LogP contribution in [0.3, 0.4) is 0 Å². The number of likely N-dealkylation sites (tertiary alicyclic amines) is 1. The Balaban J connectivity index is 1.14. The Morgan fingerprint density at radius 3 is 2.48 bits per heavy atom. The SMILES string of the molecule is Cc1cc(C[C@@H](N=C(N)N2CCC(N3CCc4ccccc4NC3=O)CC2)C(=O)N2CCN(C3CCOCC3)CC2)cc(Cl)c1OC=O. The number of hydrogen-bond acceptors (Lipinski definition) is 7. The largest absolute Gasteiger partial charge is 0.427 e. The lowest BCUT2D eigenvalue weighted by molar-refractivity contribution is -0.135. The molecule has 0 spiro atoms. The Hall–Kier alpha value is -3.87. The van der Waals surface area contributed by atoms with Gasteiger partial charge in [-0.05, 0) is 67.9 Å². The first-order valence-corrected chi connectivity index (χ1v) is 17.4. The number of benzene rings is 2. The van der Waals surface area contributed by atoms with Crippen molar-refractivity contribution in [1.29, 1.82) is 0 Å². The van der Waals surface area contributed by atoms with Crippen molar-refractivity contribution in [2.24, 2.45) is 10.7 Å². The van der Waals surface area contributed by atoms with Crippen LogP contribution in [0.25, 0.3) is 0 Å². The molecular formula is C35H46ClN7O5. The van der Waals surface area contributed by atoms with Crippen LogP contribution in [0.4, 0.5) is 10.5 Å². The zero-order chi connectivity index (χ0) is 33.6. The van der Waals surface area contributed by atoms with Crippen molar-refractivity contribution in [3.8, 4) is 5.75 Å². The van der Waals surface area contributed by atoms with Gasteiger partial charge in [0.1, 0.15) is 6.04 Å². The van der Waals surface area contributed by atoms with Crippen LogP contribution in [0.15, 0.2) is 41.4 Å². The maximum atomic E-state index is 14.1. The van der Waals surface area contributed by atoms with Gasteiger partial charge in [0.15, 0.2) is 11.7 Å². The number of halogens is 1. The number of nitrogens with zero attached hydrogens (tertiary/aromatic N) is 5. The summed E-state index contributed by atoms with van der Waals surface area (Å²) in [5.74, 6) is 0.557. The van der Waals surface area contributed by atoms with E-state index in [1.54, 1.807) is 6.07 Å². The third-order valence-corrected chi connectivity index (χ3v) is 10.4. The maximum Gasteiger partial charge on any atom is 0.322 e. The lowest BCUT2D eigenvalue weighted by atomic mass is 10.0. The minimum Gasteiger partial charge on any atom is -0.427 e. The fourth-order valence-corrected chi connectivity index (χ4v) is 7.82. The number of nitrogens with two attached hydrogens (primary N) is 1. The van der Waals surface area contributed by atoms with Crippen molar-refractivity contribution in [3.05, 3.63) is 58.1 Å². The van der Waals surface area contributed by atoms with E-state index in [-0.39, 0.29) is 18.0 Å². The molecular weight excluding hydrogens is 634 g/mol. The third kappa shape index (κ3) is 7.88. The molecule has 4 aliphatic heterocycles. The first-order chi connectivity index (χ1) is 23.3. The number of anilines is 1. The number of guanidine groups is 1. The van der Waals surface area contributed by atoms with E-state index in [4.69, 9.17) is 31.8 Å². The highest BCUT2D eigenvalue weighted by molar-refractivity contribution is 6.32. The Morgan fingerprint density at radius 2 is 1.77 bits per heavy atom. The van der Waals surface area contributed by atoms with Crippen molar-refractivity contribution in [1.82, 2.24) is 19.6 Å². The molecule has 4 heterocycles. The Bertz CT molecular complexity index is 1480. The highest BCUT2D eigenvalue weighted by Crippen LogP contribution is 2.31. The topological polar surface area (TPSA) is 133 Å². The molecule has 258 valence electrons. The van der Waals surface area contributed by atoms with Crippen LogP contribution in [0, 0.1) is 6.92 Å². The van der Waals surface area contributed by atoms with Crippen LogP contribution in [-0.4, -0.2) is 121 Å². The van der Waals surface area contributed by atoms with Crippen molar-refractivity contribution >= 4 is 41.7 Å². The monoisotopic (exact) mass is 679 g/mol. The average molecular weight is 680 g/mol. The second-order valence-corrected chi connectivity index (χ2v) is 13.5. The molecule has 0 saturated carbocycles. The van der Waals surface area contributed by atoms with Crippen LogP contribution < -0.4 is 15.8 Å². The molecule has 1 atom stereocenters. The summed E-state index contributed by atoms with van der Waals surface area (Å²) in [7, 11) is 0. The van der Waals surface area contributed by atoms with E-state index in [1.165, 1.54) is 0 Å². The van der Waals surface area contributed by atoms with Crippen molar-refractivity contribution in [2.45, 2.75) is 63.6 Å². The number of hydrogen-bond donors (Lipinski definition) is 2. The summed E-state index contributed by atoms with van der Waals surface area (Å²) in [5, 5.41) is 3.38. The number of nitrogens with one attached hydrogen (secondary N) is 1. The van der Waals surface area contributed by atoms with Gasteiger partial charge >= 0.3 is 6.03 Å². The van der Waals surface area contributed by atoms with Gasteiger partial charge in [-0.25, -0.2) is 9.79 Å². The summed E-state index contributed by atoms with van der Waals surface area (Å²) in [6.07, 6.45) is 4.64. The van der Waals surface area contributed by atoms with Crippen molar-refractivity contribution in [3.63, 3.8) is 0 Å². The lowest BCUT2D eigenvalue weighted by Gasteiger charge is -2.41. The molecule has 0 unspecified atom stereocenters. The number of aliphatic imine (C=N–C) groups is 1. The second kappa shape index (κ2) is 15.6. The molecule has 0 bridgehead atoms. The van der Waals surface area contributed by atoms with Crippen LogP contribution in [0.1, 0.15) is 42.4 Å². The fraction of sp³-hybridized carbons (Fsp3) is 0.543. The molecule has 48 heavy (non-hydrogen) atoms. The van der Waals surface area contributed by atoms with E-state index >= 15 is 0 Å². The van der Waals surface area contributed by atoms with Crippen molar-refractivity contribution in [2.75, 3.05) is 64.3 Å². The molecule has 0 radical (unpaired) electrons. The van der Waals surface area contributed by atoms with E-state index < -0.39 is 6.04 Å². The quantitative estimate of drug-likeness (QED) is 0.247. The van der Waals surface area contributed by atoms with Gasteiger partial charge in [0.2, 0.25) is 5.91 Å². The number of piperazine rings is 1. The van der Waals surface area contributed by atoms with Gasteiger partial charge < -0.3 is 35.2 Å². The average Bonchev–Trinajstić information content (AvgIpc) is 3.27. The van der Waals surface area contributed by atoms with E-state index in [0.29, 0.717) is 74.0 Å². The number of aryl methyl sites for hydroxylation is 1. The minimum atomic E-state index is -0.749. The molecule has 3 N–H and O–H groups in total. The number of ether oxygens (including phenoxy) is 2. The fourth-order valence-electron chi connectivity index (χ4n) is 7.48. The van der Waals surface area contributed by atoms with Gasteiger partial charge in [-0.15, -0.1) is 0 Å². The predicted molar refractivity (Wildman–Crippen MR) is 184 cm³/mol. The Kier molecular flexibility index (Phi) is 11.0. The van der Waals surface area contributed by atoms with Crippen LogP contribution in [0.2, 0.25) is 5.02 Å². The highest BCUT2D eigenvalue weighted by atomic mass is 35.5. The smallest absolute Gasteiger partial charge is 0.322 e. The van der Waals surface area contributed by atoms with E-state index in [9.17, 15) is 14.4 Å². The van der Waals surface area contributed by atoms with Gasteiger partial charge in [-0.2, -0.15) is 0 Å². The van der Waals surface area contributed by atoms with E-state index in [0.717, 1.165) is 75.2 Å². The molecule has 3 fully saturated rings. The van der Waals surface area contributed by atoms with E-state index in [2.05, 4.69) is 16.3 Å². The molecule has 12 nitrogen and oxygen atoms in total. The second-order valence-electron chi connectivity index (χ2n) is 13.1. The zero-order valence-corrected chi connectivity index (χ0v) is 28.4. The zero-order valence-electron chi connectivity index (χ0n) is 27.6. The number of amides is 3. The molecule has 6 rings (SSSR count). The Labute approximate surface area is 287 Å². The molecule has 13 heteroatoms. The van der Waals surface area contributed by atoms with Gasteiger partial charge in [-0.3, -0.25) is 14.5 Å². The van der Waals surface area contributed by atoms with Crippen molar-refractivity contribution < 1.29 is 23.9 Å². The standard InChI is InChI=1S/C35H46ClN7O5/c1-24-20-25(21-29(36)32(24)48-23-44)22-31(33(45)41-16-14-40(15-17-41)27-9-18-47-19-10-27)38-34(37)42-11-7-28(8-12-42)43-13-6-26-4-2-3-5-30(26)39-35(43)46/h2-5,20-21,23,27-28,31H,6-19,22H2,1H3,(H2,37,38)(H,39,46)/t31-/m1/s1. The number of carbonyl (C=O) groups excluding carboxylic acids is 3. The predicted octanol–water partition coefficient (Wildman–Crippen LogP) is 3.29. The first-order valence-electron chi connectivity index (χ1n) is 17.0. The third-order valence-electron chi connectivity index (χ3n) is 10.2. The van der Waals surface area contributed by atoms with Crippen LogP contribution >= 0.6 is 11.6 Å². The molecule has 2 aromatic carbocycles. The summed E-state index contributed by atoms with van der Waals surface area (Å²) < 4.78 is 10.6. The van der Waals surface area contributed by atoms with Gasteiger partial charge in [-0.1, -0.05) is 35.9 Å². The molecule has 0 aliphatic carbocycles. The molecule has 2 aromatic rings. The minimum absolute atomic E-state index is 0.0674. The number of rotatable bonds is 8. The van der Waals surface area contributed by atoms with Gasteiger partial charge in [0.05, 0.1) is 5.02 Å². The van der Waals surface area contributed by atoms with Gasteiger partial charge in [0, 0.05) is 83.2 Å². The molecule has 0 aromatic heterocycles. The summed E-state index contributed by atoms with van der Waals surface area (Å²) in [4.78, 5) is 51.4. The number of para-hydroxylation sites is 1. The van der Waals surface area contributed by atoms with Crippen LogP contribution in [0.5, 0.6) is 5.75 Å². The lowest BCUT2D eigenvalue weighted by Crippen LogP contribution is -2.55. The molecule has 4 aliphatic rings.